The van der Waals surface area contributed by atoms with E-state index in [2.05, 4.69) is 0 Å². The zero-order valence-electron chi connectivity index (χ0n) is 8.44. The van der Waals surface area contributed by atoms with Crippen molar-refractivity contribution in [2.75, 3.05) is 14.2 Å². The summed E-state index contributed by atoms with van der Waals surface area (Å²) in [6.45, 7) is 3.61. The van der Waals surface area contributed by atoms with Gasteiger partial charge in [0.1, 0.15) is 18.3 Å². The lowest BCUT2D eigenvalue weighted by Gasteiger charge is -2.36. The molecule has 0 aromatic carbocycles. The Morgan fingerprint density at radius 1 is 1.23 bits per heavy atom. The van der Waals surface area contributed by atoms with Gasteiger partial charge in [0, 0.05) is 14.2 Å². The van der Waals surface area contributed by atoms with Gasteiger partial charge < -0.3 is 14.2 Å². The van der Waals surface area contributed by atoms with Gasteiger partial charge in [-0.3, -0.25) is 4.79 Å². The lowest BCUT2D eigenvalue weighted by Crippen LogP contribution is -2.54. The average molecular weight is 188 g/mol. The van der Waals surface area contributed by atoms with Crippen LogP contribution in [-0.2, 0) is 19.0 Å². The van der Waals surface area contributed by atoms with Crippen molar-refractivity contribution < 1.29 is 19.0 Å². The van der Waals surface area contributed by atoms with Crippen LogP contribution in [0.3, 0.4) is 0 Å². The maximum Gasteiger partial charge on any atom is 0.192 e. The molecule has 0 bridgehead atoms. The predicted octanol–water partition coefficient (Wildman–Crippen LogP) is 0.393. The van der Waals surface area contributed by atoms with Crippen LogP contribution in [0.2, 0.25) is 0 Å². The number of ether oxygens (including phenoxy) is 3. The Morgan fingerprint density at radius 3 is 2.31 bits per heavy atom. The first-order chi connectivity index (χ1) is 6.11. The number of Topliss-reactive ketones (excluding diaryl/α,β-unsaturated/α-hetero) is 1. The molecule has 4 atom stereocenters. The van der Waals surface area contributed by atoms with Crippen molar-refractivity contribution in [2.45, 2.75) is 38.3 Å². The van der Waals surface area contributed by atoms with Gasteiger partial charge in [0.2, 0.25) is 0 Å². The molecule has 0 aliphatic carbocycles. The Hall–Kier alpha value is -0.450. The monoisotopic (exact) mass is 188 g/mol. The second-order valence-corrected chi connectivity index (χ2v) is 3.24. The third-order valence-electron chi connectivity index (χ3n) is 2.39. The van der Waals surface area contributed by atoms with Gasteiger partial charge in [-0.2, -0.15) is 0 Å². The molecule has 76 valence electrons. The fraction of sp³-hybridized carbons (Fsp3) is 0.889. The quantitative estimate of drug-likeness (QED) is 0.629. The molecule has 1 saturated heterocycles. The molecule has 1 heterocycles. The molecule has 0 saturated carbocycles. The van der Waals surface area contributed by atoms with Crippen LogP contribution in [0.1, 0.15) is 13.8 Å². The van der Waals surface area contributed by atoms with E-state index in [4.69, 9.17) is 14.2 Å². The summed E-state index contributed by atoms with van der Waals surface area (Å²) in [6, 6.07) is 0. The molecule has 0 radical (unpaired) electrons. The van der Waals surface area contributed by atoms with Crippen molar-refractivity contribution >= 4 is 5.78 Å². The molecule has 0 aromatic heterocycles. The van der Waals surface area contributed by atoms with Gasteiger partial charge in [-0.1, -0.05) is 0 Å². The summed E-state index contributed by atoms with van der Waals surface area (Å²) in [5, 5.41) is 0. The van der Waals surface area contributed by atoms with Crippen molar-refractivity contribution in [3.8, 4) is 0 Å². The first-order valence-electron chi connectivity index (χ1n) is 4.36. The van der Waals surface area contributed by atoms with E-state index in [0.717, 1.165) is 0 Å². The highest BCUT2D eigenvalue weighted by molar-refractivity contribution is 5.88. The summed E-state index contributed by atoms with van der Waals surface area (Å²) in [6.07, 6.45) is -1.30. The third kappa shape index (κ3) is 1.90. The van der Waals surface area contributed by atoms with Gasteiger partial charge in [0.05, 0.1) is 6.10 Å². The van der Waals surface area contributed by atoms with Crippen LogP contribution in [0.15, 0.2) is 0 Å². The lowest BCUT2D eigenvalue weighted by atomic mass is 9.98. The average Bonchev–Trinajstić information content (AvgIpc) is 2.10. The maximum absolute atomic E-state index is 11.5. The van der Waals surface area contributed by atoms with E-state index in [1.165, 1.54) is 7.11 Å². The van der Waals surface area contributed by atoms with Crippen LogP contribution in [0.4, 0.5) is 0 Å². The largest absolute Gasteiger partial charge is 0.376 e. The zero-order chi connectivity index (χ0) is 10.0. The van der Waals surface area contributed by atoms with E-state index >= 15 is 0 Å². The minimum Gasteiger partial charge on any atom is -0.376 e. The summed E-state index contributed by atoms with van der Waals surface area (Å²) in [5.41, 5.74) is 0. The van der Waals surface area contributed by atoms with E-state index in [1.807, 2.05) is 6.92 Å². The number of ketones is 1. The first kappa shape index (κ1) is 10.6. The summed E-state index contributed by atoms with van der Waals surface area (Å²) >= 11 is 0. The molecule has 4 nitrogen and oxygen atoms in total. The van der Waals surface area contributed by atoms with Crippen molar-refractivity contribution in [3.05, 3.63) is 0 Å². The summed E-state index contributed by atoms with van der Waals surface area (Å²) < 4.78 is 15.6. The number of hydrogen-bond donors (Lipinski definition) is 0. The molecule has 1 rings (SSSR count). The third-order valence-corrected chi connectivity index (χ3v) is 2.39. The molecule has 0 N–H and O–H groups in total. The van der Waals surface area contributed by atoms with Gasteiger partial charge in [-0.25, -0.2) is 0 Å². The molecule has 4 heteroatoms. The second-order valence-electron chi connectivity index (χ2n) is 3.24. The fourth-order valence-electron chi connectivity index (χ4n) is 1.67. The normalized spacial score (nSPS) is 40.8. The summed E-state index contributed by atoms with van der Waals surface area (Å²) in [5.74, 6) is -0.0487. The molecular formula is C9H16O4. The molecule has 1 aliphatic rings. The topological polar surface area (TPSA) is 44.8 Å². The maximum atomic E-state index is 11.5. The highest BCUT2D eigenvalue weighted by Crippen LogP contribution is 2.21. The standard InChI is InChI=1S/C9H16O4/c1-5-7(10)9(12-4)8(11-3)6(2)13-5/h5-6,8-9H,1-4H3/t5?,6-,8?,9?/m0/s1. The van der Waals surface area contributed by atoms with Crippen LogP contribution in [0.5, 0.6) is 0 Å². The van der Waals surface area contributed by atoms with Gasteiger partial charge in [0.25, 0.3) is 0 Å². The second kappa shape index (κ2) is 4.17. The molecule has 1 fully saturated rings. The van der Waals surface area contributed by atoms with Crippen LogP contribution in [0.25, 0.3) is 0 Å². The number of methoxy groups -OCH3 is 2. The smallest absolute Gasteiger partial charge is 0.192 e. The van der Waals surface area contributed by atoms with E-state index in [1.54, 1.807) is 14.0 Å². The number of rotatable bonds is 2. The Bertz CT molecular complexity index is 192. The van der Waals surface area contributed by atoms with Gasteiger partial charge in [-0.05, 0) is 13.8 Å². The van der Waals surface area contributed by atoms with E-state index in [9.17, 15) is 4.79 Å². The van der Waals surface area contributed by atoms with Crippen LogP contribution < -0.4 is 0 Å². The molecule has 1 aliphatic heterocycles. The van der Waals surface area contributed by atoms with Crippen molar-refractivity contribution in [3.63, 3.8) is 0 Å². The van der Waals surface area contributed by atoms with Crippen molar-refractivity contribution in [1.82, 2.24) is 0 Å². The predicted molar refractivity (Wildman–Crippen MR) is 46.6 cm³/mol. The molecule has 0 aromatic rings. The van der Waals surface area contributed by atoms with Crippen molar-refractivity contribution in [1.29, 1.82) is 0 Å². The summed E-state index contributed by atoms with van der Waals surface area (Å²) in [7, 11) is 3.07. The Balaban J connectivity index is 2.77. The minimum atomic E-state index is -0.497. The van der Waals surface area contributed by atoms with E-state index in [0.29, 0.717) is 0 Å². The van der Waals surface area contributed by atoms with Crippen LogP contribution >= 0.6 is 0 Å². The van der Waals surface area contributed by atoms with Gasteiger partial charge in [-0.15, -0.1) is 0 Å². The molecule has 0 spiro atoms. The Labute approximate surface area is 78.2 Å². The zero-order valence-corrected chi connectivity index (χ0v) is 8.44. The molecular weight excluding hydrogens is 172 g/mol. The minimum absolute atomic E-state index is 0.0487. The highest BCUT2D eigenvalue weighted by atomic mass is 16.6. The Morgan fingerprint density at radius 2 is 1.85 bits per heavy atom. The highest BCUT2D eigenvalue weighted by Gasteiger charge is 2.41. The van der Waals surface area contributed by atoms with E-state index in [-0.39, 0.29) is 18.0 Å². The number of hydrogen-bond acceptors (Lipinski definition) is 4. The molecule has 13 heavy (non-hydrogen) atoms. The summed E-state index contributed by atoms with van der Waals surface area (Å²) in [4.78, 5) is 11.5. The molecule has 0 amide bonds. The lowest BCUT2D eigenvalue weighted by molar-refractivity contribution is -0.186. The fourth-order valence-corrected chi connectivity index (χ4v) is 1.67. The van der Waals surface area contributed by atoms with Crippen molar-refractivity contribution in [2.24, 2.45) is 0 Å². The van der Waals surface area contributed by atoms with E-state index < -0.39 is 12.2 Å². The number of carbonyl (C=O) groups is 1. The first-order valence-corrected chi connectivity index (χ1v) is 4.36. The molecule has 3 unspecified atom stereocenters. The van der Waals surface area contributed by atoms with Crippen LogP contribution in [-0.4, -0.2) is 44.4 Å². The SMILES string of the molecule is COC1C(=O)C(C)O[C@@H](C)C1OC. The number of carbonyl (C=O) groups excluding carboxylic acids is 1. The van der Waals surface area contributed by atoms with Gasteiger partial charge in [0.15, 0.2) is 5.78 Å². The van der Waals surface area contributed by atoms with Gasteiger partial charge >= 0.3 is 0 Å². The van der Waals surface area contributed by atoms with Crippen LogP contribution in [0, 0.1) is 0 Å². The Kier molecular flexibility index (Phi) is 3.41.